The van der Waals surface area contributed by atoms with Crippen LogP contribution in [0.5, 0.6) is 23.5 Å². The van der Waals surface area contributed by atoms with Crippen molar-refractivity contribution in [2.45, 2.75) is 13.2 Å². The molecule has 2 aromatic heterocycles. The summed E-state index contributed by atoms with van der Waals surface area (Å²) in [6, 6.07) is 10.5. The smallest absolute Gasteiger partial charge is 0.870 e. The van der Waals surface area contributed by atoms with Gasteiger partial charge in [0.05, 0.1) is 31.5 Å². The third-order valence-electron chi connectivity index (χ3n) is 5.90. The fourth-order valence-electron chi connectivity index (χ4n) is 3.79. The summed E-state index contributed by atoms with van der Waals surface area (Å²) in [7, 11) is -0.611. The second kappa shape index (κ2) is 14.7. The number of hydrogen-bond donors (Lipinski definition) is 3. The number of benzene rings is 2. The summed E-state index contributed by atoms with van der Waals surface area (Å²) in [5.74, 6) is -0.700. The zero-order chi connectivity index (χ0) is 28.9. The van der Waals surface area contributed by atoms with Crippen molar-refractivity contribution in [3.63, 3.8) is 0 Å². The summed E-state index contributed by atoms with van der Waals surface area (Å²) in [5.41, 5.74) is 3.34. The number of fused-ring (bicyclic) bond motifs is 2. The molecule has 214 valence electrons. The van der Waals surface area contributed by atoms with Gasteiger partial charge >= 0.3 is 57.1 Å². The summed E-state index contributed by atoms with van der Waals surface area (Å²) in [4.78, 5) is 37.4. The molecular formula is C25H21B2LiN4O11. The number of rotatable bonds is 6. The topological polar surface area (TPSA) is 223 Å². The first-order chi connectivity index (χ1) is 19.8. The molecular weight excluding hydrogens is 561 g/mol. The van der Waals surface area contributed by atoms with Crippen LogP contribution in [-0.4, -0.2) is 73.9 Å². The van der Waals surface area contributed by atoms with E-state index in [1.54, 1.807) is 30.3 Å². The predicted octanol–water partition coefficient (Wildman–Crippen LogP) is -2.71. The van der Waals surface area contributed by atoms with E-state index >= 15 is 0 Å². The number of hydrogen-bond acceptors (Lipinski definition) is 14. The number of carbonyl (C=O) groups is 2. The first-order valence-corrected chi connectivity index (χ1v) is 12.0. The normalized spacial score (nSPS) is 12.4. The quantitative estimate of drug-likeness (QED) is 0.155. The summed E-state index contributed by atoms with van der Waals surface area (Å²) in [6.45, 7) is 0.738. The van der Waals surface area contributed by atoms with Crippen molar-refractivity contribution >= 4 is 37.1 Å². The average Bonchev–Trinajstić information content (AvgIpc) is 3.55. The minimum Gasteiger partial charge on any atom is -0.870 e. The maximum atomic E-state index is 11.3. The van der Waals surface area contributed by atoms with Gasteiger partial charge < -0.3 is 44.2 Å². The Morgan fingerprint density at radius 3 is 1.58 bits per heavy atom. The number of carboxylic acids is 1. The van der Waals surface area contributed by atoms with Gasteiger partial charge in [-0.1, -0.05) is 12.1 Å². The van der Waals surface area contributed by atoms with E-state index in [1.165, 1.54) is 19.5 Å². The number of esters is 1. The van der Waals surface area contributed by atoms with E-state index in [0.717, 1.165) is 23.5 Å². The van der Waals surface area contributed by atoms with E-state index in [4.69, 9.17) is 23.9 Å². The van der Waals surface area contributed by atoms with Gasteiger partial charge in [0.25, 0.3) is 0 Å². The minimum atomic E-state index is -1.10. The van der Waals surface area contributed by atoms with Crippen molar-refractivity contribution in [2.75, 3.05) is 7.11 Å². The molecule has 0 radical (unpaired) electrons. The Kier molecular flexibility index (Phi) is 11.4. The Labute approximate surface area is 256 Å². The number of ether oxygens (including phenoxy) is 3. The number of nitrogens with zero attached hydrogens (tertiary/aromatic N) is 4. The van der Waals surface area contributed by atoms with Crippen LogP contribution in [-0.2, 0) is 27.3 Å². The van der Waals surface area contributed by atoms with E-state index in [2.05, 4.69) is 24.7 Å². The molecule has 18 heteroatoms. The first-order valence-electron chi connectivity index (χ1n) is 12.0. The van der Waals surface area contributed by atoms with E-state index in [-0.39, 0.29) is 47.5 Å². The third kappa shape index (κ3) is 7.94. The van der Waals surface area contributed by atoms with Gasteiger partial charge in [0.1, 0.15) is 11.5 Å². The van der Waals surface area contributed by atoms with Crippen LogP contribution in [0.25, 0.3) is 0 Å². The van der Waals surface area contributed by atoms with Crippen LogP contribution in [0.1, 0.15) is 31.8 Å². The van der Waals surface area contributed by atoms with Gasteiger partial charge in [-0.25, -0.2) is 29.5 Å². The van der Waals surface area contributed by atoms with Crippen molar-refractivity contribution in [3.05, 3.63) is 83.4 Å². The maximum Gasteiger partial charge on any atom is 1.00 e. The molecule has 2 aliphatic heterocycles. The Balaban J connectivity index is 0.000000225. The van der Waals surface area contributed by atoms with Crippen LogP contribution < -0.4 is 39.3 Å². The molecule has 2 aromatic carbocycles. The fourth-order valence-corrected chi connectivity index (χ4v) is 3.79. The number of aromatic carboxylic acids is 1. The van der Waals surface area contributed by atoms with Crippen LogP contribution in [0, 0.1) is 0 Å². The van der Waals surface area contributed by atoms with Gasteiger partial charge in [-0.3, -0.25) is 0 Å². The summed E-state index contributed by atoms with van der Waals surface area (Å²) < 4.78 is 25.6. The second-order valence-electron chi connectivity index (χ2n) is 8.56. The van der Waals surface area contributed by atoms with Gasteiger partial charge in [-0.2, -0.15) is 0 Å². The van der Waals surface area contributed by atoms with Gasteiger partial charge in [0.2, 0.25) is 0 Å². The second-order valence-corrected chi connectivity index (χ2v) is 8.56. The molecule has 0 atom stereocenters. The van der Waals surface area contributed by atoms with Crippen molar-refractivity contribution in [1.82, 2.24) is 19.9 Å². The zero-order valence-electron chi connectivity index (χ0n) is 22.8. The number of carbonyl (C=O) groups excluding carboxylic acids is 1. The molecule has 0 bridgehead atoms. The van der Waals surface area contributed by atoms with Crippen LogP contribution in [0.15, 0.2) is 61.2 Å². The van der Waals surface area contributed by atoms with E-state index in [0.29, 0.717) is 35.6 Å². The van der Waals surface area contributed by atoms with Crippen LogP contribution >= 0.6 is 0 Å². The SMILES string of the molecule is COC(=O)c1cnc(Oc2ccc3c(c2)B(O)OC3)nc1.O=C(O)c1cnc(Oc2ccc3c(c2)B(O)OC3)nc1.[Li+].[OH-]. The average molecular weight is 582 g/mol. The van der Waals surface area contributed by atoms with Crippen LogP contribution in [0.4, 0.5) is 0 Å². The Hall–Kier alpha value is -4.33. The Bertz CT molecular complexity index is 1580. The molecule has 0 amide bonds. The molecule has 0 fully saturated rings. The van der Waals surface area contributed by atoms with E-state index < -0.39 is 26.2 Å². The monoisotopic (exact) mass is 582 g/mol. The van der Waals surface area contributed by atoms with Crippen molar-refractivity contribution in [3.8, 4) is 23.5 Å². The molecule has 6 rings (SSSR count). The molecule has 0 saturated heterocycles. The molecule has 4 N–H and O–H groups in total. The van der Waals surface area contributed by atoms with Crippen molar-refractivity contribution in [1.29, 1.82) is 0 Å². The zero-order valence-corrected chi connectivity index (χ0v) is 22.8. The summed E-state index contributed by atoms with van der Waals surface area (Å²) in [5, 5.41) is 28.0. The molecule has 4 aromatic rings. The van der Waals surface area contributed by atoms with E-state index in [9.17, 15) is 19.6 Å². The Morgan fingerprint density at radius 1 is 0.767 bits per heavy atom. The third-order valence-corrected chi connectivity index (χ3v) is 5.90. The van der Waals surface area contributed by atoms with E-state index in [1.807, 2.05) is 6.07 Å². The first kappa shape index (κ1) is 33.2. The fraction of sp³-hybridized carbons (Fsp3) is 0.120. The summed E-state index contributed by atoms with van der Waals surface area (Å²) >= 11 is 0. The van der Waals surface area contributed by atoms with Gasteiger partial charge in [0, 0.05) is 24.8 Å². The minimum absolute atomic E-state index is 0. The molecule has 0 unspecified atom stereocenters. The number of carboxylic acid groups (broad SMARTS) is 1. The molecule has 0 aliphatic carbocycles. The van der Waals surface area contributed by atoms with Gasteiger partial charge in [0.15, 0.2) is 0 Å². The largest absolute Gasteiger partial charge is 1.00 e. The van der Waals surface area contributed by atoms with Gasteiger partial charge in [-0.15, -0.1) is 0 Å². The number of methoxy groups -OCH3 is 1. The Morgan fingerprint density at radius 2 is 1.19 bits per heavy atom. The molecule has 15 nitrogen and oxygen atoms in total. The number of aromatic nitrogens is 4. The standard InChI is InChI=1S/C13H11BN2O5.C12H9BN2O5.Li.H2O/c1-19-12(17)9-5-15-13(16-6-9)21-10-3-2-8-7-20-14(18)11(8)4-10;16-11(17)8-4-14-12(15-5-8)20-9-2-1-7-6-19-13(18)10(7)3-9;;/h2-6,18H,7H2,1H3;1-5,18H,6H2,(H,16,17);;1H2/q;;+1;/p-1. The van der Waals surface area contributed by atoms with Crippen molar-refractivity contribution in [2.24, 2.45) is 0 Å². The molecule has 43 heavy (non-hydrogen) atoms. The molecule has 2 aliphatic rings. The molecule has 4 heterocycles. The maximum absolute atomic E-state index is 11.3. The molecule has 0 spiro atoms. The van der Waals surface area contributed by atoms with Crippen LogP contribution in [0.2, 0.25) is 0 Å². The van der Waals surface area contributed by atoms with Gasteiger partial charge in [-0.05, 0) is 46.3 Å². The predicted molar refractivity (Wildman–Crippen MR) is 142 cm³/mol. The molecule has 0 saturated carbocycles. The van der Waals surface area contributed by atoms with Crippen molar-refractivity contribution < 1.29 is 72.6 Å². The van der Waals surface area contributed by atoms with Crippen LogP contribution in [0.3, 0.4) is 0 Å². The summed E-state index contributed by atoms with van der Waals surface area (Å²) in [6.07, 6.45) is 4.96.